The van der Waals surface area contributed by atoms with Crippen molar-refractivity contribution in [2.45, 2.75) is 20.4 Å². The lowest BCUT2D eigenvalue weighted by Crippen LogP contribution is -2.07. The lowest BCUT2D eigenvalue weighted by molar-refractivity contribution is -0.384. The summed E-state index contributed by atoms with van der Waals surface area (Å²) in [6.07, 6.45) is 1.74. The van der Waals surface area contributed by atoms with Crippen molar-refractivity contribution in [3.05, 3.63) is 51.3 Å². The fraction of sp³-hybridized carbons (Fsp3) is 0.308. The molecule has 2 aromatic rings. The van der Waals surface area contributed by atoms with Gasteiger partial charge in [-0.15, -0.1) is 0 Å². The van der Waals surface area contributed by atoms with E-state index in [-0.39, 0.29) is 10.6 Å². The van der Waals surface area contributed by atoms with E-state index in [9.17, 15) is 10.1 Å². The molecule has 0 aliphatic heterocycles. The first-order chi connectivity index (χ1) is 9.02. The van der Waals surface area contributed by atoms with Crippen LogP contribution >= 0.6 is 0 Å². The van der Waals surface area contributed by atoms with Crippen molar-refractivity contribution in [1.82, 2.24) is 15.1 Å². The molecule has 100 valence electrons. The zero-order valence-corrected chi connectivity index (χ0v) is 11.2. The number of hydrogen-bond donors (Lipinski definition) is 1. The van der Waals surface area contributed by atoms with E-state index < -0.39 is 0 Å². The molecule has 0 aliphatic rings. The highest BCUT2D eigenvalue weighted by Gasteiger charge is 2.17. The number of hydrogen-bond acceptors (Lipinski definition) is 4. The maximum absolute atomic E-state index is 11.1. The van der Waals surface area contributed by atoms with Gasteiger partial charge in [-0.1, -0.05) is 0 Å². The van der Waals surface area contributed by atoms with E-state index >= 15 is 0 Å². The standard InChI is InChI=1S/C13H16N4O2/c1-9-6-12(13(17(18)19)7-10(9)2)16-5-4-11(15-16)8-14-3/h4-7,14H,8H2,1-3H3. The van der Waals surface area contributed by atoms with E-state index in [4.69, 9.17) is 0 Å². The first-order valence-corrected chi connectivity index (χ1v) is 5.98. The Kier molecular flexibility index (Phi) is 3.62. The highest BCUT2D eigenvalue weighted by molar-refractivity contribution is 5.56. The van der Waals surface area contributed by atoms with Gasteiger partial charge in [0, 0.05) is 18.8 Å². The van der Waals surface area contributed by atoms with Gasteiger partial charge in [0.05, 0.1) is 10.6 Å². The molecule has 2 rings (SSSR count). The monoisotopic (exact) mass is 260 g/mol. The third-order valence-corrected chi connectivity index (χ3v) is 3.04. The van der Waals surface area contributed by atoms with Crippen molar-refractivity contribution in [3.8, 4) is 5.69 Å². The van der Waals surface area contributed by atoms with Crippen LogP contribution in [0.2, 0.25) is 0 Å². The molecule has 6 nitrogen and oxygen atoms in total. The van der Waals surface area contributed by atoms with Crippen LogP contribution < -0.4 is 5.32 Å². The summed E-state index contributed by atoms with van der Waals surface area (Å²) in [5.41, 5.74) is 3.32. The summed E-state index contributed by atoms with van der Waals surface area (Å²) in [5, 5.41) is 18.5. The summed E-state index contributed by atoms with van der Waals surface area (Å²) in [6, 6.07) is 5.23. The van der Waals surface area contributed by atoms with Crippen LogP contribution in [0.15, 0.2) is 24.4 Å². The van der Waals surface area contributed by atoms with Gasteiger partial charge >= 0.3 is 0 Å². The molecule has 0 atom stereocenters. The smallest absolute Gasteiger partial charge is 0.295 e. The van der Waals surface area contributed by atoms with E-state index in [2.05, 4.69) is 10.4 Å². The third kappa shape index (κ3) is 2.63. The number of rotatable bonds is 4. The van der Waals surface area contributed by atoms with Crippen molar-refractivity contribution in [2.24, 2.45) is 0 Å². The molecule has 0 unspecified atom stereocenters. The number of nitrogens with one attached hydrogen (secondary N) is 1. The second-order valence-corrected chi connectivity index (χ2v) is 4.46. The van der Waals surface area contributed by atoms with Crippen LogP contribution in [0.1, 0.15) is 16.8 Å². The molecule has 1 heterocycles. The van der Waals surface area contributed by atoms with Crippen molar-refractivity contribution in [1.29, 1.82) is 0 Å². The largest absolute Gasteiger partial charge is 0.314 e. The maximum atomic E-state index is 11.1. The van der Waals surface area contributed by atoms with Crippen LogP contribution in [0.4, 0.5) is 5.69 Å². The average molecular weight is 260 g/mol. The fourth-order valence-corrected chi connectivity index (χ4v) is 1.89. The maximum Gasteiger partial charge on any atom is 0.295 e. The van der Waals surface area contributed by atoms with Crippen LogP contribution in [-0.2, 0) is 6.54 Å². The molecule has 6 heteroatoms. The molecule has 0 bridgehead atoms. The zero-order valence-electron chi connectivity index (χ0n) is 11.2. The number of nitro benzene ring substituents is 1. The van der Waals surface area contributed by atoms with E-state index in [0.717, 1.165) is 16.8 Å². The molecule has 0 spiro atoms. The van der Waals surface area contributed by atoms with Crippen LogP contribution in [0.5, 0.6) is 0 Å². The minimum atomic E-state index is -0.374. The summed E-state index contributed by atoms with van der Waals surface area (Å²) in [4.78, 5) is 10.8. The Morgan fingerprint density at radius 3 is 2.68 bits per heavy atom. The third-order valence-electron chi connectivity index (χ3n) is 3.04. The van der Waals surface area contributed by atoms with E-state index in [1.807, 2.05) is 27.0 Å². The molecule has 0 fully saturated rings. The predicted molar refractivity (Wildman–Crippen MR) is 72.5 cm³/mol. The molecule has 1 N–H and O–H groups in total. The molecule has 0 aliphatic carbocycles. The van der Waals surface area contributed by atoms with Crippen molar-refractivity contribution >= 4 is 5.69 Å². The minimum Gasteiger partial charge on any atom is -0.314 e. The van der Waals surface area contributed by atoms with Crippen molar-refractivity contribution in [2.75, 3.05) is 7.05 Å². The van der Waals surface area contributed by atoms with E-state index in [0.29, 0.717) is 12.2 Å². The van der Waals surface area contributed by atoms with Gasteiger partial charge < -0.3 is 5.32 Å². The number of aromatic nitrogens is 2. The quantitative estimate of drug-likeness (QED) is 0.675. The van der Waals surface area contributed by atoms with Gasteiger partial charge in [0.15, 0.2) is 0 Å². The highest BCUT2D eigenvalue weighted by Crippen LogP contribution is 2.26. The summed E-state index contributed by atoms with van der Waals surface area (Å²) < 4.78 is 1.55. The first kappa shape index (κ1) is 13.2. The Labute approximate surface area is 111 Å². The molecule has 0 radical (unpaired) electrons. The SMILES string of the molecule is CNCc1ccn(-c2cc(C)c(C)cc2[N+](=O)[O-])n1. The summed E-state index contributed by atoms with van der Waals surface area (Å²) in [7, 11) is 1.83. The second kappa shape index (κ2) is 5.19. The van der Waals surface area contributed by atoms with Gasteiger partial charge in [-0.25, -0.2) is 4.68 Å². The van der Waals surface area contributed by atoms with E-state index in [1.165, 1.54) is 0 Å². The second-order valence-electron chi connectivity index (χ2n) is 4.46. The van der Waals surface area contributed by atoms with Crippen LogP contribution in [-0.4, -0.2) is 21.8 Å². The van der Waals surface area contributed by atoms with Gasteiger partial charge in [-0.05, 0) is 44.2 Å². The molecule has 0 saturated carbocycles. The number of nitrogens with zero attached hydrogens (tertiary/aromatic N) is 3. The Morgan fingerprint density at radius 1 is 1.37 bits per heavy atom. The zero-order chi connectivity index (χ0) is 14.0. The molecule has 19 heavy (non-hydrogen) atoms. The topological polar surface area (TPSA) is 73.0 Å². The number of aryl methyl sites for hydroxylation is 2. The first-order valence-electron chi connectivity index (χ1n) is 5.98. The molecular formula is C13H16N4O2. The lowest BCUT2D eigenvalue weighted by atomic mass is 10.1. The molecule has 0 saturated heterocycles. The number of benzene rings is 1. The molecule has 1 aromatic carbocycles. The van der Waals surface area contributed by atoms with Crippen LogP contribution in [0, 0.1) is 24.0 Å². The summed E-state index contributed by atoms with van der Waals surface area (Å²) in [6.45, 7) is 4.42. The van der Waals surface area contributed by atoms with Crippen molar-refractivity contribution < 1.29 is 4.92 Å². The molecular weight excluding hydrogens is 244 g/mol. The highest BCUT2D eigenvalue weighted by atomic mass is 16.6. The van der Waals surface area contributed by atoms with Gasteiger partial charge in [-0.3, -0.25) is 10.1 Å². The summed E-state index contributed by atoms with van der Waals surface area (Å²) >= 11 is 0. The fourth-order valence-electron chi connectivity index (χ4n) is 1.89. The Hall–Kier alpha value is -2.21. The normalized spacial score (nSPS) is 10.7. The van der Waals surface area contributed by atoms with Crippen LogP contribution in [0.3, 0.4) is 0 Å². The van der Waals surface area contributed by atoms with E-state index in [1.54, 1.807) is 23.0 Å². The average Bonchev–Trinajstić information content (AvgIpc) is 2.81. The van der Waals surface area contributed by atoms with Gasteiger partial charge in [0.25, 0.3) is 5.69 Å². The Morgan fingerprint density at radius 2 is 2.05 bits per heavy atom. The Bertz CT molecular complexity index is 619. The van der Waals surface area contributed by atoms with Gasteiger partial charge in [0.1, 0.15) is 5.69 Å². The summed E-state index contributed by atoms with van der Waals surface area (Å²) in [5.74, 6) is 0. The minimum absolute atomic E-state index is 0.0715. The van der Waals surface area contributed by atoms with Gasteiger partial charge in [0.2, 0.25) is 0 Å². The molecule has 0 amide bonds. The number of nitro groups is 1. The van der Waals surface area contributed by atoms with Crippen LogP contribution in [0.25, 0.3) is 5.69 Å². The van der Waals surface area contributed by atoms with Gasteiger partial charge in [-0.2, -0.15) is 5.10 Å². The lowest BCUT2D eigenvalue weighted by Gasteiger charge is -2.07. The Balaban J connectivity index is 2.53. The van der Waals surface area contributed by atoms with Crippen molar-refractivity contribution in [3.63, 3.8) is 0 Å². The predicted octanol–water partition coefficient (Wildman–Crippen LogP) is 2.12. The molecule has 1 aromatic heterocycles.